The van der Waals surface area contributed by atoms with Gasteiger partial charge in [-0.15, -0.1) is 0 Å². The van der Waals surface area contributed by atoms with Gasteiger partial charge < -0.3 is 10.8 Å². The number of carbonyl (C=O) groups is 1. The first-order valence-corrected chi connectivity index (χ1v) is 8.43. The highest BCUT2D eigenvalue weighted by atomic mass is 19.1. The van der Waals surface area contributed by atoms with E-state index < -0.39 is 23.7 Å². The smallest absolute Gasteiger partial charge is 0.224 e. The summed E-state index contributed by atoms with van der Waals surface area (Å²) in [7, 11) is 0. The zero-order chi connectivity index (χ0) is 19.4. The number of aromatic hydroxyl groups is 1. The first-order valence-electron chi connectivity index (χ1n) is 8.43. The highest BCUT2D eigenvalue weighted by molar-refractivity contribution is 5.82. The molecule has 0 bridgehead atoms. The Morgan fingerprint density at radius 3 is 2.26 bits per heavy atom. The molecule has 0 saturated carbocycles. The summed E-state index contributed by atoms with van der Waals surface area (Å²) in [6.07, 6.45) is 1.10. The number of rotatable bonds is 6. The highest BCUT2D eigenvalue weighted by Crippen LogP contribution is 2.26. The fourth-order valence-corrected chi connectivity index (χ4v) is 2.97. The van der Waals surface area contributed by atoms with Crippen LogP contribution in [0.5, 0.6) is 5.75 Å². The normalized spacial score (nSPS) is 11.9. The minimum absolute atomic E-state index is 0.125. The zero-order valence-corrected chi connectivity index (χ0v) is 14.4. The van der Waals surface area contributed by atoms with Crippen LogP contribution in [0.15, 0.2) is 60.7 Å². The Labute approximate surface area is 155 Å². The number of aryl methyl sites for hydroxylation is 1. The molecular weight excluding hydrogens is 350 g/mol. The third-order valence-corrected chi connectivity index (χ3v) is 4.44. The number of halogens is 2. The van der Waals surface area contributed by atoms with E-state index in [9.17, 15) is 18.7 Å². The molecule has 0 spiro atoms. The Morgan fingerprint density at radius 2 is 1.67 bits per heavy atom. The van der Waals surface area contributed by atoms with Gasteiger partial charge in [0, 0.05) is 5.56 Å². The van der Waals surface area contributed by atoms with Crippen LogP contribution in [0.1, 0.15) is 23.5 Å². The van der Waals surface area contributed by atoms with Crippen molar-refractivity contribution >= 4 is 5.91 Å². The summed E-state index contributed by atoms with van der Waals surface area (Å²) in [6, 6.07) is 16.0. The predicted octanol–water partition coefficient (Wildman–Crippen LogP) is 3.93. The third kappa shape index (κ3) is 4.47. The quantitative estimate of drug-likeness (QED) is 0.647. The molecule has 6 heteroatoms. The molecule has 3 rings (SSSR count). The summed E-state index contributed by atoms with van der Waals surface area (Å²) in [5.41, 5.74) is 8.04. The highest BCUT2D eigenvalue weighted by Gasteiger charge is 2.18. The molecule has 3 N–H and O–H groups in total. The van der Waals surface area contributed by atoms with Gasteiger partial charge in [-0.05, 0) is 53.8 Å². The summed E-state index contributed by atoms with van der Waals surface area (Å²) in [5, 5.41) is 9.37. The molecule has 0 radical (unpaired) electrons. The van der Waals surface area contributed by atoms with Crippen LogP contribution < -0.4 is 5.73 Å². The van der Waals surface area contributed by atoms with Crippen LogP contribution in [0.2, 0.25) is 0 Å². The molecule has 138 valence electrons. The van der Waals surface area contributed by atoms with Crippen molar-refractivity contribution < 1.29 is 18.7 Å². The Kier molecular flexibility index (Phi) is 5.45. The van der Waals surface area contributed by atoms with Gasteiger partial charge in [-0.2, -0.15) is 13.8 Å². The van der Waals surface area contributed by atoms with Gasteiger partial charge in [0.2, 0.25) is 17.8 Å². The number of aromatic nitrogens is 1. The molecule has 3 aromatic rings. The van der Waals surface area contributed by atoms with Crippen molar-refractivity contribution in [2.24, 2.45) is 5.73 Å². The van der Waals surface area contributed by atoms with E-state index in [0.717, 1.165) is 17.2 Å². The van der Waals surface area contributed by atoms with Gasteiger partial charge in [0.25, 0.3) is 0 Å². The Balaban J connectivity index is 1.72. The van der Waals surface area contributed by atoms with Crippen molar-refractivity contribution in [2.75, 3.05) is 0 Å². The number of phenolic OH excluding ortho intramolecular Hbond substituents is 1. The van der Waals surface area contributed by atoms with Crippen LogP contribution in [0.3, 0.4) is 0 Å². The molecule has 1 aromatic heterocycles. The van der Waals surface area contributed by atoms with E-state index in [-0.39, 0.29) is 11.3 Å². The van der Waals surface area contributed by atoms with E-state index in [4.69, 9.17) is 5.73 Å². The first-order chi connectivity index (χ1) is 12.9. The van der Waals surface area contributed by atoms with Crippen LogP contribution in [-0.2, 0) is 11.2 Å². The van der Waals surface area contributed by atoms with Gasteiger partial charge in [-0.3, -0.25) is 4.79 Å². The van der Waals surface area contributed by atoms with E-state index in [1.807, 2.05) is 12.1 Å². The second kappa shape index (κ2) is 7.95. The number of primary amides is 1. The van der Waals surface area contributed by atoms with Gasteiger partial charge >= 0.3 is 0 Å². The molecule has 0 saturated heterocycles. The standard InChI is InChI=1S/C21H18F2N2O2/c22-19-12-11-17(20(23)25-19)14-4-1-13(2-5-14)3-10-18(21(24)27)15-6-8-16(26)9-7-15/h1-2,4-9,11-12,18,26H,3,10H2,(H2,24,27). The Hall–Kier alpha value is -3.28. The van der Waals surface area contributed by atoms with E-state index in [1.165, 1.54) is 18.2 Å². The minimum Gasteiger partial charge on any atom is -0.508 e. The maximum absolute atomic E-state index is 13.8. The van der Waals surface area contributed by atoms with Gasteiger partial charge in [0.05, 0.1) is 5.92 Å². The maximum atomic E-state index is 13.8. The molecule has 1 atom stereocenters. The number of phenols is 1. The summed E-state index contributed by atoms with van der Waals surface area (Å²) in [4.78, 5) is 15.0. The average Bonchev–Trinajstić information content (AvgIpc) is 2.64. The topological polar surface area (TPSA) is 76.2 Å². The van der Waals surface area contributed by atoms with Gasteiger partial charge in [0.1, 0.15) is 5.75 Å². The number of nitrogens with zero attached hydrogens (tertiary/aromatic N) is 1. The third-order valence-electron chi connectivity index (χ3n) is 4.44. The number of amides is 1. The molecule has 0 aliphatic carbocycles. The van der Waals surface area contributed by atoms with Crippen molar-refractivity contribution in [3.8, 4) is 16.9 Å². The fraction of sp³-hybridized carbons (Fsp3) is 0.143. The lowest BCUT2D eigenvalue weighted by Gasteiger charge is -2.14. The van der Waals surface area contributed by atoms with Crippen LogP contribution in [-0.4, -0.2) is 16.0 Å². The van der Waals surface area contributed by atoms with Gasteiger partial charge in [-0.25, -0.2) is 0 Å². The lowest BCUT2D eigenvalue weighted by molar-refractivity contribution is -0.119. The summed E-state index contributed by atoms with van der Waals surface area (Å²) in [6.45, 7) is 0. The van der Waals surface area contributed by atoms with Crippen molar-refractivity contribution in [3.05, 3.63) is 83.7 Å². The van der Waals surface area contributed by atoms with Crippen molar-refractivity contribution in [1.82, 2.24) is 4.98 Å². The maximum Gasteiger partial charge on any atom is 0.224 e. The van der Waals surface area contributed by atoms with Crippen LogP contribution >= 0.6 is 0 Å². The van der Waals surface area contributed by atoms with E-state index in [0.29, 0.717) is 18.4 Å². The largest absolute Gasteiger partial charge is 0.508 e. The molecule has 27 heavy (non-hydrogen) atoms. The molecular formula is C21H18F2N2O2. The average molecular weight is 368 g/mol. The van der Waals surface area contributed by atoms with Crippen molar-refractivity contribution in [3.63, 3.8) is 0 Å². The summed E-state index contributed by atoms with van der Waals surface area (Å²) in [5.74, 6) is -2.50. The lowest BCUT2D eigenvalue weighted by Crippen LogP contribution is -2.22. The van der Waals surface area contributed by atoms with Crippen LogP contribution in [0.4, 0.5) is 8.78 Å². The monoisotopic (exact) mass is 368 g/mol. The first kappa shape index (κ1) is 18.5. The number of hydrogen-bond acceptors (Lipinski definition) is 3. The van der Waals surface area contributed by atoms with E-state index in [1.54, 1.807) is 24.3 Å². The number of pyridine rings is 1. The molecule has 1 amide bonds. The zero-order valence-electron chi connectivity index (χ0n) is 14.4. The summed E-state index contributed by atoms with van der Waals surface area (Å²) >= 11 is 0. The van der Waals surface area contributed by atoms with Crippen molar-refractivity contribution in [2.45, 2.75) is 18.8 Å². The van der Waals surface area contributed by atoms with Crippen LogP contribution in [0, 0.1) is 11.9 Å². The SMILES string of the molecule is NC(=O)C(CCc1ccc(-c2ccc(F)nc2F)cc1)c1ccc(O)cc1. The van der Waals surface area contributed by atoms with Gasteiger partial charge in [0.15, 0.2) is 0 Å². The molecule has 4 nitrogen and oxygen atoms in total. The second-order valence-electron chi connectivity index (χ2n) is 6.25. The molecule has 0 fully saturated rings. The molecule has 1 unspecified atom stereocenters. The van der Waals surface area contributed by atoms with Gasteiger partial charge in [-0.1, -0.05) is 36.4 Å². The lowest BCUT2D eigenvalue weighted by atomic mass is 9.91. The van der Waals surface area contributed by atoms with E-state index in [2.05, 4.69) is 4.98 Å². The number of hydrogen-bond donors (Lipinski definition) is 2. The van der Waals surface area contributed by atoms with E-state index >= 15 is 0 Å². The van der Waals surface area contributed by atoms with Crippen molar-refractivity contribution in [1.29, 1.82) is 0 Å². The molecule has 2 aromatic carbocycles. The Bertz CT molecular complexity index is 941. The number of nitrogens with two attached hydrogens (primary N) is 1. The summed E-state index contributed by atoms with van der Waals surface area (Å²) < 4.78 is 26.7. The number of carbonyl (C=O) groups excluding carboxylic acids is 1. The Morgan fingerprint density at radius 1 is 1.00 bits per heavy atom. The number of benzene rings is 2. The second-order valence-corrected chi connectivity index (χ2v) is 6.25. The fourth-order valence-electron chi connectivity index (χ4n) is 2.97. The minimum atomic E-state index is -0.861. The molecule has 1 heterocycles. The predicted molar refractivity (Wildman–Crippen MR) is 98.0 cm³/mol. The molecule has 0 aliphatic rings. The molecule has 0 aliphatic heterocycles. The van der Waals surface area contributed by atoms with Crippen LogP contribution in [0.25, 0.3) is 11.1 Å².